The maximum absolute atomic E-state index is 13.4. The van der Waals surface area contributed by atoms with Crippen LogP contribution in [-0.4, -0.2) is 133 Å². The van der Waals surface area contributed by atoms with Crippen molar-refractivity contribution in [3.05, 3.63) is 66.8 Å². The number of carbonyl (C=O) groups is 12. The number of rotatable bonds is 27. The first-order chi connectivity index (χ1) is 30.2. The molecule has 2 aromatic rings. The summed E-state index contributed by atoms with van der Waals surface area (Å²) in [5, 5.41) is 27.5. The van der Waals surface area contributed by atoms with Gasteiger partial charge < -0.3 is 69.6 Å². The number of carbonyl (C=O) groups excluding carboxylic acids is 11. The van der Waals surface area contributed by atoms with Gasteiger partial charge in [0.05, 0.1) is 45.4 Å². The first-order valence-electron chi connectivity index (χ1n) is 18.9. The van der Waals surface area contributed by atoms with E-state index in [2.05, 4.69) is 82.4 Å². The van der Waals surface area contributed by atoms with Crippen molar-refractivity contribution in [2.45, 2.75) is 62.3 Å². The highest BCUT2D eigenvalue weighted by atomic mass is 127. The Labute approximate surface area is 392 Å². The van der Waals surface area contributed by atoms with E-state index in [1.54, 1.807) is 48.5 Å². The van der Waals surface area contributed by atoms with Gasteiger partial charge in [-0.05, 0) is 80.6 Å². The molecule has 24 nitrogen and oxygen atoms in total. The molecular weight excluding hydrogens is 1070 g/mol. The van der Waals surface area contributed by atoms with E-state index >= 15 is 0 Å². The molecular formula is C38H47I2N11O13. The van der Waals surface area contributed by atoms with Crippen LogP contribution in [0.3, 0.4) is 0 Å². The zero-order valence-corrected chi connectivity index (χ0v) is 38.1. The predicted molar refractivity (Wildman–Crippen MR) is 239 cm³/mol. The average Bonchev–Trinajstić information content (AvgIpc) is 3.23. The van der Waals surface area contributed by atoms with E-state index in [-0.39, 0.29) is 12.8 Å². The predicted octanol–water partition coefficient (Wildman–Crippen LogP) is -5.16. The highest BCUT2D eigenvalue weighted by Gasteiger charge is 2.34. The van der Waals surface area contributed by atoms with Gasteiger partial charge in [-0.3, -0.25) is 52.7 Å². The quantitative estimate of drug-likeness (QED) is 0.0294. The molecule has 2 rings (SSSR count). The number of primary amides is 2. The lowest BCUT2D eigenvalue weighted by atomic mass is 10.0. The fourth-order valence-electron chi connectivity index (χ4n) is 5.45. The van der Waals surface area contributed by atoms with Crippen LogP contribution in [-0.2, 0) is 70.4 Å². The first kappa shape index (κ1) is 53.8. The number of amides is 10. The van der Waals surface area contributed by atoms with Crippen molar-refractivity contribution in [3.63, 3.8) is 0 Å². The second-order valence-electron chi connectivity index (χ2n) is 13.6. The number of aliphatic carboxylic acids is 1. The Kier molecular flexibility index (Phi) is 23.3. The van der Waals surface area contributed by atoms with Gasteiger partial charge in [-0.1, -0.05) is 24.3 Å². The van der Waals surface area contributed by atoms with Crippen LogP contribution >= 0.6 is 45.2 Å². The molecule has 10 amide bonds. The van der Waals surface area contributed by atoms with Gasteiger partial charge >= 0.3 is 5.97 Å². The van der Waals surface area contributed by atoms with E-state index in [1.165, 1.54) is 0 Å². The Hall–Kier alpha value is -6.30. The van der Waals surface area contributed by atoms with Crippen LogP contribution in [0.15, 0.2) is 48.5 Å². The van der Waals surface area contributed by atoms with Crippen LogP contribution in [0.5, 0.6) is 0 Å². The van der Waals surface area contributed by atoms with Crippen molar-refractivity contribution in [2.75, 3.05) is 26.2 Å². The van der Waals surface area contributed by atoms with Crippen LogP contribution in [0, 0.1) is 7.14 Å². The number of hydrogen-bond acceptors (Lipinski definition) is 13. The van der Waals surface area contributed by atoms with Crippen LogP contribution < -0.4 is 59.7 Å². The van der Waals surface area contributed by atoms with Gasteiger partial charge in [-0.15, -0.1) is 0 Å². The summed E-state index contributed by atoms with van der Waals surface area (Å²) in [5.41, 5.74) is 17.2. The summed E-state index contributed by atoms with van der Waals surface area (Å²) < 4.78 is 1.79. The highest BCUT2D eigenvalue weighted by Crippen LogP contribution is 2.11. The van der Waals surface area contributed by atoms with Gasteiger partial charge in [0.2, 0.25) is 59.1 Å². The molecule has 26 heteroatoms. The topological polar surface area (TPSA) is 399 Å². The minimum absolute atomic E-state index is 0.0552. The van der Waals surface area contributed by atoms with Crippen LogP contribution in [0.2, 0.25) is 0 Å². The molecule has 0 bridgehead atoms. The second kappa shape index (κ2) is 27.7. The summed E-state index contributed by atoms with van der Waals surface area (Å²) >= 11 is 4.15. The van der Waals surface area contributed by atoms with E-state index < -0.39 is 141 Å². The van der Waals surface area contributed by atoms with Crippen molar-refractivity contribution in [2.24, 2.45) is 17.2 Å². The number of nitrogens with two attached hydrogens (primary N) is 3. The Morgan fingerprint density at radius 3 is 1.34 bits per heavy atom. The molecule has 0 aliphatic rings. The number of nitrogens with one attached hydrogen (secondary N) is 8. The molecule has 0 fully saturated rings. The van der Waals surface area contributed by atoms with E-state index in [9.17, 15) is 62.6 Å². The Morgan fingerprint density at radius 1 is 0.516 bits per heavy atom. The fraction of sp³-hybridized carbons (Fsp3) is 0.368. The molecule has 5 atom stereocenters. The zero-order valence-electron chi connectivity index (χ0n) is 33.8. The molecule has 0 aliphatic heterocycles. The van der Waals surface area contributed by atoms with E-state index in [1.807, 2.05) is 5.32 Å². The fourth-order valence-corrected chi connectivity index (χ4v) is 6.17. The standard InChI is InChI=1S/C38H47I2N11O13/c39-21-5-1-19(2-6-21)11-23(47-30(55)16-41)35(61)46-17-31(56)45-18-32(57)48-25(13-28(42)53)36(62)51-27(15-33(58)59)38(64)50-26(14-29(43)54)37(63)49-24(34(60)44-9-10-52)12-20-3-7-22(40)8-4-20/h1-8,10,23-27H,9,11-18,41H2,(H2,42,53)(H2,43,54)(H,44,60)(H,45,56)(H,46,61)(H,47,55)(H,48,57)(H,49,63)(H,50,64)(H,51,62)(H,58,59)/t23-,24-,25-,26-,27-/m0/s1. The number of benzene rings is 2. The smallest absolute Gasteiger partial charge is 0.305 e. The van der Waals surface area contributed by atoms with Crippen molar-refractivity contribution in [3.8, 4) is 0 Å². The second-order valence-corrected chi connectivity index (χ2v) is 16.1. The van der Waals surface area contributed by atoms with E-state index in [4.69, 9.17) is 17.2 Å². The average molecular weight is 1120 g/mol. The SMILES string of the molecule is NCC(=O)N[C@@H](Cc1ccc(I)cc1)C(=O)NCC(=O)NCC(=O)N[C@@H](CC(N)=O)C(=O)N[C@@H](CC(=O)O)C(=O)N[C@@H](CC(N)=O)C(=O)N[C@@H](Cc1ccc(I)cc1)C(=O)NCC=O. The minimum Gasteiger partial charge on any atom is -0.481 e. The third-order valence-electron chi connectivity index (χ3n) is 8.51. The number of halogens is 2. The lowest BCUT2D eigenvalue weighted by molar-refractivity contribution is -0.142. The minimum atomic E-state index is -2.02. The molecule has 0 spiro atoms. The number of hydrogen-bond donors (Lipinski definition) is 12. The van der Waals surface area contributed by atoms with Crippen LogP contribution in [0.4, 0.5) is 0 Å². The maximum Gasteiger partial charge on any atom is 0.305 e. The molecule has 64 heavy (non-hydrogen) atoms. The third kappa shape index (κ3) is 20.7. The first-order valence-corrected chi connectivity index (χ1v) is 21.1. The van der Waals surface area contributed by atoms with Gasteiger partial charge in [0.1, 0.15) is 36.5 Å². The lowest BCUT2D eigenvalue weighted by Gasteiger charge is -2.25. The van der Waals surface area contributed by atoms with Gasteiger partial charge in [-0.2, -0.15) is 0 Å². The Balaban J connectivity index is 2.13. The highest BCUT2D eigenvalue weighted by molar-refractivity contribution is 14.1. The molecule has 2 aromatic carbocycles. The molecule has 0 heterocycles. The summed E-state index contributed by atoms with van der Waals surface area (Å²) in [4.78, 5) is 150. The molecule has 0 radical (unpaired) electrons. The molecule has 0 aromatic heterocycles. The monoisotopic (exact) mass is 1120 g/mol. The number of carboxylic acid groups (broad SMARTS) is 1. The van der Waals surface area contributed by atoms with Gasteiger partial charge in [-0.25, -0.2) is 0 Å². The summed E-state index contributed by atoms with van der Waals surface area (Å²) in [6, 6.07) is 5.67. The maximum atomic E-state index is 13.4. The van der Waals surface area contributed by atoms with E-state index in [0.717, 1.165) is 7.14 Å². The molecule has 0 aliphatic carbocycles. The van der Waals surface area contributed by atoms with Gasteiger partial charge in [0.25, 0.3) is 0 Å². The van der Waals surface area contributed by atoms with Gasteiger partial charge in [0, 0.05) is 20.0 Å². The van der Waals surface area contributed by atoms with Crippen molar-refractivity contribution >= 4 is 117 Å². The van der Waals surface area contributed by atoms with Crippen LogP contribution in [0.1, 0.15) is 30.4 Å². The third-order valence-corrected chi connectivity index (χ3v) is 9.95. The lowest BCUT2D eigenvalue weighted by Crippen LogP contribution is -2.60. The Bertz CT molecular complexity index is 2060. The van der Waals surface area contributed by atoms with Crippen molar-refractivity contribution in [1.82, 2.24) is 42.5 Å². The van der Waals surface area contributed by atoms with Crippen LogP contribution in [0.25, 0.3) is 0 Å². The van der Waals surface area contributed by atoms with Crippen molar-refractivity contribution < 1.29 is 62.6 Å². The summed E-state index contributed by atoms with van der Waals surface area (Å²) in [6.07, 6.45) is -2.55. The Morgan fingerprint density at radius 2 is 0.906 bits per heavy atom. The van der Waals surface area contributed by atoms with Crippen molar-refractivity contribution in [1.29, 1.82) is 0 Å². The molecule has 0 saturated heterocycles. The summed E-state index contributed by atoms with van der Waals surface area (Å²) in [5.74, 6) is -11.9. The number of aldehydes is 1. The van der Waals surface area contributed by atoms with E-state index in [0.29, 0.717) is 17.4 Å². The largest absolute Gasteiger partial charge is 0.481 e. The molecule has 15 N–H and O–H groups in total. The molecule has 0 unspecified atom stereocenters. The number of carboxylic acids is 1. The summed E-state index contributed by atoms with van der Waals surface area (Å²) in [6.45, 7) is -2.31. The molecule has 0 saturated carbocycles. The zero-order chi connectivity index (χ0) is 47.9. The molecule has 346 valence electrons. The summed E-state index contributed by atoms with van der Waals surface area (Å²) in [7, 11) is 0. The van der Waals surface area contributed by atoms with Gasteiger partial charge in [0.15, 0.2) is 0 Å². The normalized spacial score (nSPS) is 12.9.